The van der Waals surface area contributed by atoms with E-state index in [1.54, 1.807) is 11.6 Å². The molecule has 0 aliphatic carbocycles. The molecule has 8 nitrogen and oxygen atoms in total. The van der Waals surface area contributed by atoms with Crippen LogP contribution in [0, 0.1) is 0 Å². The Kier molecular flexibility index (Phi) is 4.91. The van der Waals surface area contributed by atoms with Crippen molar-refractivity contribution in [3.05, 3.63) is 51.2 Å². The second-order valence-corrected chi connectivity index (χ2v) is 7.45. The van der Waals surface area contributed by atoms with Gasteiger partial charge >= 0.3 is 5.69 Å². The maximum Gasteiger partial charge on any atom is 0.332 e. The molecule has 28 heavy (non-hydrogen) atoms. The molecule has 8 heteroatoms. The average Bonchev–Trinajstić information content (AvgIpc) is 3.33. The van der Waals surface area contributed by atoms with Gasteiger partial charge in [-0.25, -0.2) is 9.78 Å². The fraction of sp³-hybridized carbons (Fsp3) is 0.450. The first-order chi connectivity index (χ1) is 13.5. The SMILES string of the molecule is Cn1c(=O)c2c(nc(-c3ccccc3)n2C[C@H](O)CN2CCCC2)n(C)c1=O. The van der Waals surface area contributed by atoms with Gasteiger partial charge in [0.2, 0.25) is 0 Å². The number of aliphatic hydroxyl groups excluding tert-OH is 1. The Hall–Kier alpha value is -2.71. The van der Waals surface area contributed by atoms with Crippen molar-refractivity contribution in [2.75, 3.05) is 19.6 Å². The van der Waals surface area contributed by atoms with Crippen LogP contribution >= 0.6 is 0 Å². The molecule has 2 aromatic heterocycles. The topological polar surface area (TPSA) is 85.3 Å². The number of hydrogen-bond acceptors (Lipinski definition) is 5. The van der Waals surface area contributed by atoms with Crippen molar-refractivity contribution in [1.82, 2.24) is 23.6 Å². The third-order valence-electron chi connectivity index (χ3n) is 5.44. The Morgan fingerprint density at radius 2 is 1.71 bits per heavy atom. The fourth-order valence-electron chi connectivity index (χ4n) is 3.96. The van der Waals surface area contributed by atoms with Crippen molar-refractivity contribution in [2.24, 2.45) is 14.1 Å². The first-order valence-corrected chi connectivity index (χ1v) is 9.59. The predicted octanol–water partition coefficient (Wildman–Crippen LogP) is 0.557. The number of aryl methyl sites for hydroxylation is 1. The first-order valence-electron chi connectivity index (χ1n) is 9.59. The highest BCUT2D eigenvalue weighted by Crippen LogP contribution is 2.23. The molecular formula is C20H25N5O3. The van der Waals surface area contributed by atoms with Crippen LogP contribution in [0.5, 0.6) is 0 Å². The standard InChI is InChI=1S/C20H25N5O3/c1-22-18-16(19(27)23(2)20(22)28)25(13-15(26)12-24-10-6-7-11-24)17(21-18)14-8-4-3-5-9-14/h3-5,8-9,15,26H,6-7,10-13H2,1-2H3/t15-/m1/s1. The van der Waals surface area contributed by atoms with Gasteiger partial charge in [0, 0.05) is 26.2 Å². The van der Waals surface area contributed by atoms with E-state index in [0.717, 1.165) is 36.1 Å². The normalized spacial score (nSPS) is 16.1. The van der Waals surface area contributed by atoms with Gasteiger partial charge in [-0.2, -0.15) is 0 Å². The summed E-state index contributed by atoms with van der Waals surface area (Å²) in [6.45, 7) is 2.78. The summed E-state index contributed by atoms with van der Waals surface area (Å²) in [5.41, 5.74) is 0.686. The number of rotatable bonds is 5. The zero-order valence-electron chi connectivity index (χ0n) is 16.2. The van der Waals surface area contributed by atoms with E-state index in [1.165, 1.54) is 11.6 Å². The summed E-state index contributed by atoms with van der Waals surface area (Å²) in [5, 5.41) is 10.7. The molecule has 0 saturated carbocycles. The van der Waals surface area contributed by atoms with Crippen LogP contribution in [0.3, 0.4) is 0 Å². The molecule has 0 amide bonds. The minimum absolute atomic E-state index is 0.241. The molecule has 1 fully saturated rings. The number of hydrogen-bond donors (Lipinski definition) is 1. The van der Waals surface area contributed by atoms with Gasteiger partial charge in [-0.15, -0.1) is 0 Å². The molecule has 0 radical (unpaired) electrons. The molecule has 148 valence electrons. The summed E-state index contributed by atoms with van der Waals surface area (Å²) >= 11 is 0. The molecular weight excluding hydrogens is 358 g/mol. The lowest BCUT2D eigenvalue weighted by Gasteiger charge is -2.20. The van der Waals surface area contributed by atoms with E-state index in [-0.39, 0.29) is 6.54 Å². The van der Waals surface area contributed by atoms with Crippen molar-refractivity contribution in [1.29, 1.82) is 0 Å². The number of aromatic nitrogens is 4. The minimum Gasteiger partial charge on any atom is -0.390 e. The zero-order valence-corrected chi connectivity index (χ0v) is 16.2. The molecule has 1 aliphatic rings. The Morgan fingerprint density at radius 1 is 1.04 bits per heavy atom. The van der Waals surface area contributed by atoms with Gasteiger partial charge in [-0.05, 0) is 25.9 Å². The van der Waals surface area contributed by atoms with E-state index in [2.05, 4.69) is 9.88 Å². The van der Waals surface area contributed by atoms with E-state index in [0.29, 0.717) is 23.5 Å². The molecule has 3 aromatic rings. The van der Waals surface area contributed by atoms with E-state index in [1.807, 2.05) is 30.3 Å². The molecule has 1 aliphatic heterocycles. The minimum atomic E-state index is -0.639. The van der Waals surface area contributed by atoms with Crippen molar-refractivity contribution in [2.45, 2.75) is 25.5 Å². The summed E-state index contributed by atoms with van der Waals surface area (Å²) < 4.78 is 4.22. The number of likely N-dealkylation sites (tertiary alicyclic amines) is 1. The quantitative estimate of drug-likeness (QED) is 0.696. The molecule has 0 spiro atoms. The number of fused-ring (bicyclic) bond motifs is 1. The number of β-amino-alcohol motifs (C(OH)–C–C–N with tert-alkyl or cyclic N) is 1. The van der Waals surface area contributed by atoms with Gasteiger partial charge in [0.1, 0.15) is 5.82 Å². The van der Waals surface area contributed by atoms with Crippen LogP contribution in [0.15, 0.2) is 39.9 Å². The van der Waals surface area contributed by atoms with E-state index in [9.17, 15) is 14.7 Å². The lowest BCUT2D eigenvalue weighted by atomic mass is 10.2. The highest BCUT2D eigenvalue weighted by Gasteiger charge is 2.23. The molecule has 1 saturated heterocycles. The largest absolute Gasteiger partial charge is 0.390 e. The van der Waals surface area contributed by atoms with E-state index < -0.39 is 17.4 Å². The third-order valence-corrected chi connectivity index (χ3v) is 5.44. The zero-order chi connectivity index (χ0) is 19.8. The predicted molar refractivity (Wildman–Crippen MR) is 107 cm³/mol. The molecule has 0 unspecified atom stereocenters. The molecule has 0 bridgehead atoms. The fourth-order valence-corrected chi connectivity index (χ4v) is 3.96. The Labute approximate surface area is 162 Å². The lowest BCUT2D eigenvalue weighted by Crippen LogP contribution is -2.38. The Morgan fingerprint density at radius 3 is 2.39 bits per heavy atom. The third kappa shape index (κ3) is 3.18. The highest BCUT2D eigenvalue weighted by molar-refractivity contribution is 5.77. The van der Waals surface area contributed by atoms with Crippen LogP contribution < -0.4 is 11.2 Å². The monoisotopic (exact) mass is 383 g/mol. The van der Waals surface area contributed by atoms with Crippen LogP contribution in [0.4, 0.5) is 0 Å². The second kappa shape index (κ2) is 7.37. The summed E-state index contributed by atoms with van der Waals surface area (Å²) in [5.74, 6) is 0.578. The van der Waals surface area contributed by atoms with Gasteiger partial charge in [0.25, 0.3) is 5.56 Å². The van der Waals surface area contributed by atoms with Gasteiger partial charge in [0.15, 0.2) is 11.2 Å². The lowest BCUT2D eigenvalue weighted by molar-refractivity contribution is 0.110. The van der Waals surface area contributed by atoms with E-state index in [4.69, 9.17) is 0 Å². The summed E-state index contributed by atoms with van der Waals surface area (Å²) in [6.07, 6.45) is 1.66. The Balaban J connectivity index is 1.86. The summed E-state index contributed by atoms with van der Waals surface area (Å²) in [4.78, 5) is 32.1. The van der Waals surface area contributed by atoms with Crippen LogP contribution in [0.25, 0.3) is 22.6 Å². The van der Waals surface area contributed by atoms with Crippen molar-refractivity contribution >= 4 is 11.2 Å². The summed E-state index contributed by atoms with van der Waals surface area (Å²) in [6, 6.07) is 9.53. The van der Waals surface area contributed by atoms with Crippen LogP contribution in [-0.2, 0) is 20.6 Å². The molecule has 3 heterocycles. The Bertz CT molecular complexity index is 1110. The van der Waals surface area contributed by atoms with Crippen LogP contribution in [-0.4, -0.2) is 54.4 Å². The van der Waals surface area contributed by atoms with Crippen LogP contribution in [0.2, 0.25) is 0 Å². The number of nitrogens with zero attached hydrogens (tertiary/aromatic N) is 5. The van der Waals surface area contributed by atoms with Crippen LogP contribution in [0.1, 0.15) is 12.8 Å². The molecule has 1 atom stereocenters. The molecule has 1 N–H and O–H groups in total. The number of imidazole rings is 1. The van der Waals surface area contributed by atoms with Gasteiger partial charge in [-0.3, -0.25) is 13.9 Å². The van der Waals surface area contributed by atoms with Crippen molar-refractivity contribution < 1.29 is 5.11 Å². The average molecular weight is 383 g/mol. The number of benzene rings is 1. The molecule has 4 rings (SSSR count). The number of aliphatic hydroxyl groups is 1. The second-order valence-electron chi connectivity index (χ2n) is 7.45. The highest BCUT2D eigenvalue weighted by atomic mass is 16.3. The van der Waals surface area contributed by atoms with Gasteiger partial charge < -0.3 is 14.6 Å². The maximum atomic E-state index is 12.9. The van der Waals surface area contributed by atoms with Crippen molar-refractivity contribution in [3.63, 3.8) is 0 Å². The first kappa shape index (κ1) is 18.6. The molecule has 1 aromatic carbocycles. The van der Waals surface area contributed by atoms with Crippen molar-refractivity contribution in [3.8, 4) is 11.4 Å². The smallest absolute Gasteiger partial charge is 0.332 e. The van der Waals surface area contributed by atoms with Gasteiger partial charge in [-0.1, -0.05) is 30.3 Å². The maximum absolute atomic E-state index is 12.9. The van der Waals surface area contributed by atoms with E-state index >= 15 is 0 Å². The summed E-state index contributed by atoms with van der Waals surface area (Å²) in [7, 11) is 3.07. The van der Waals surface area contributed by atoms with Gasteiger partial charge in [0.05, 0.1) is 12.6 Å².